The van der Waals surface area contributed by atoms with Crippen molar-refractivity contribution in [2.24, 2.45) is 5.92 Å². The summed E-state index contributed by atoms with van der Waals surface area (Å²) in [5.74, 6) is 0.871. The van der Waals surface area contributed by atoms with E-state index in [2.05, 4.69) is 61.0 Å². The molecule has 0 fully saturated rings. The molecule has 0 spiro atoms. The SMILES string of the molecule is Cc1ccc(S(=O)(=O)NCCC(C)CC(C)c2ccc3ccccc3c2)cc1. The van der Waals surface area contributed by atoms with Crippen molar-refractivity contribution in [1.82, 2.24) is 4.72 Å². The zero-order valence-electron chi connectivity index (χ0n) is 16.9. The number of benzene rings is 3. The van der Waals surface area contributed by atoms with Gasteiger partial charge in [-0.3, -0.25) is 0 Å². The van der Waals surface area contributed by atoms with Crippen LogP contribution in [0.25, 0.3) is 10.8 Å². The van der Waals surface area contributed by atoms with E-state index in [1.54, 1.807) is 12.1 Å². The van der Waals surface area contributed by atoms with Gasteiger partial charge in [0.1, 0.15) is 0 Å². The summed E-state index contributed by atoms with van der Waals surface area (Å²) in [6.45, 7) is 6.85. The van der Waals surface area contributed by atoms with Gasteiger partial charge in [0, 0.05) is 6.54 Å². The van der Waals surface area contributed by atoms with E-state index in [-0.39, 0.29) is 0 Å². The number of nitrogens with one attached hydrogen (secondary N) is 1. The molecule has 0 bridgehead atoms. The van der Waals surface area contributed by atoms with Gasteiger partial charge in [0.2, 0.25) is 10.0 Å². The van der Waals surface area contributed by atoms with Crippen molar-refractivity contribution in [3.8, 4) is 0 Å². The van der Waals surface area contributed by atoms with Gasteiger partial charge in [-0.15, -0.1) is 0 Å². The van der Waals surface area contributed by atoms with Gasteiger partial charge < -0.3 is 0 Å². The van der Waals surface area contributed by atoms with Crippen molar-refractivity contribution in [2.75, 3.05) is 6.54 Å². The minimum Gasteiger partial charge on any atom is -0.211 e. The van der Waals surface area contributed by atoms with E-state index in [1.807, 2.05) is 19.1 Å². The molecule has 4 heteroatoms. The van der Waals surface area contributed by atoms with Crippen LogP contribution in [0.2, 0.25) is 0 Å². The maximum absolute atomic E-state index is 12.4. The van der Waals surface area contributed by atoms with Gasteiger partial charge in [0.25, 0.3) is 0 Å². The second-order valence-electron chi connectivity index (χ2n) is 7.85. The highest BCUT2D eigenvalue weighted by Gasteiger charge is 2.15. The first-order valence-corrected chi connectivity index (χ1v) is 11.4. The predicted molar refractivity (Wildman–Crippen MR) is 117 cm³/mol. The molecule has 0 aliphatic carbocycles. The Morgan fingerprint density at radius 2 is 1.57 bits per heavy atom. The molecule has 3 aromatic rings. The molecule has 148 valence electrons. The lowest BCUT2D eigenvalue weighted by Crippen LogP contribution is -2.26. The first-order chi connectivity index (χ1) is 13.3. The Balaban J connectivity index is 1.53. The highest BCUT2D eigenvalue weighted by Crippen LogP contribution is 2.27. The molecule has 0 saturated heterocycles. The molecule has 0 heterocycles. The van der Waals surface area contributed by atoms with Crippen LogP contribution in [-0.2, 0) is 10.0 Å². The Labute approximate surface area is 168 Å². The Morgan fingerprint density at radius 1 is 0.893 bits per heavy atom. The summed E-state index contributed by atoms with van der Waals surface area (Å²) in [4.78, 5) is 0.329. The largest absolute Gasteiger partial charge is 0.240 e. The van der Waals surface area contributed by atoms with E-state index in [9.17, 15) is 8.42 Å². The second kappa shape index (κ2) is 8.89. The molecule has 2 atom stereocenters. The van der Waals surface area contributed by atoms with E-state index in [0.717, 1.165) is 18.4 Å². The number of aryl methyl sites for hydroxylation is 1. The van der Waals surface area contributed by atoms with Crippen LogP contribution in [0.3, 0.4) is 0 Å². The average Bonchev–Trinajstić information content (AvgIpc) is 2.67. The van der Waals surface area contributed by atoms with E-state index in [4.69, 9.17) is 0 Å². The Hall–Kier alpha value is -2.17. The fourth-order valence-electron chi connectivity index (χ4n) is 3.61. The molecule has 1 N–H and O–H groups in total. The average molecular weight is 396 g/mol. The van der Waals surface area contributed by atoms with E-state index < -0.39 is 10.0 Å². The molecule has 3 aromatic carbocycles. The van der Waals surface area contributed by atoms with Crippen LogP contribution in [0.15, 0.2) is 71.6 Å². The number of sulfonamides is 1. The van der Waals surface area contributed by atoms with Gasteiger partial charge in [-0.05, 0) is 60.1 Å². The fourth-order valence-corrected chi connectivity index (χ4v) is 4.66. The number of fused-ring (bicyclic) bond motifs is 1. The number of hydrogen-bond acceptors (Lipinski definition) is 2. The van der Waals surface area contributed by atoms with Crippen LogP contribution in [0.4, 0.5) is 0 Å². The highest BCUT2D eigenvalue weighted by molar-refractivity contribution is 7.89. The van der Waals surface area contributed by atoms with Crippen molar-refractivity contribution in [2.45, 2.75) is 44.4 Å². The maximum atomic E-state index is 12.4. The quantitative estimate of drug-likeness (QED) is 0.536. The van der Waals surface area contributed by atoms with Gasteiger partial charge in [-0.25, -0.2) is 13.1 Å². The molecule has 0 amide bonds. The van der Waals surface area contributed by atoms with Crippen molar-refractivity contribution in [3.05, 3.63) is 77.9 Å². The third-order valence-electron chi connectivity index (χ3n) is 5.36. The molecule has 3 nitrogen and oxygen atoms in total. The lowest BCUT2D eigenvalue weighted by atomic mass is 9.88. The van der Waals surface area contributed by atoms with Crippen LogP contribution in [0.5, 0.6) is 0 Å². The summed E-state index contributed by atoms with van der Waals surface area (Å²) < 4.78 is 27.5. The predicted octanol–water partition coefficient (Wildman–Crippen LogP) is 5.65. The molecule has 2 unspecified atom stereocenters. The zero-order chi connectivity index (χ0) is 20.1. The van der Waals surface area contributed by atoms with Crippen LogP contribution in [0, 0.1) is 12.8 Å². The van der Waals surface area contributed by atoms with Crippen LogP contribution < -0.4 is 4.72 Å². The lowest BCUT2D eigenvalue weighted by molar-refractivity contribution is 0.451. The lowest BCUT2D eigenvalue weighted by Gasteiger charge is -2.18. The molecule has 0 aromatic heterocycles. The Kier molecular flexibility index (Phi) is 6.53. The van der Waals surface area contributed by atoms with Gasteiger partial charge in [0.05, 0.1) is 4.90 Å². The first-order valence-electron chi connectivity index (χ1n) is 9.90. The van der Waals surface area contributed by atoms with Crippen molar-refractivity contribution in [3.63, 3.8) is 0 Å². The first kappa shape index (κ1) is 20.6. The Bertz CT molecular complexity index is 1030. The minimum absolute atomic E-state index is 0.329. The minimum atomic E-state index is -3.43. The smallest absolute Gasteiger partial charge is 0.211 e. The van der Waals surface area contributed by atoms with Crippen molar-refractivity contribution in [1.29, 1.82) is 0 Å². The van der Waals surface area contributed by atoms with Gasteiger partial charge in [-0.1, -0.05) is 74.0 Å². The third kappa shape index (κ3) is 5.21. The van der Waals surface area contributed by atoms with Crippen LogP contribution >= 0.6 is 0 Å². The summed E-state index contributed by atoms with van der Waals surface area (Å²) in [5, 5.41) is 2.53. The molecule has 0 aliphatic heterocycles. The highest BCUT2D eigenvalue weighted by atomic mass is 32.2. The monoisotopic (exact) mass is 395 g/mol. The molecule has 0 radical (unpaired) electrons. The molecule has 0 aliphatic rings. The van der Waals surface area contributed by atoms with Gasteiger partial charge in [0.15, 0.2) is 0 Å². The molecule has 3 rings (SSSR count). The fraction of sp³-hybridized carbons (Fsp3) is 0.333. The van der Waals surface area contributed by atoms with Gasteiger partial charge >= 0.3 is 0 Å². The van der Waals surface area contributed by atoms with Crippen LogP contribution in [0.1, 0.15) is 43.7 Å². The molecular formula is C24H29NO2S. The summed E-state index contributed by atoms with van der Waals surface area (Å²) in [5.41, 5.74) is 2.39. The maximum Gasteiger partial charge on any atom is 0.240 e. The standard InChI is InChI=1S/C24H29NO2S/c1-18-8-12-24(13-9-18)28(26,27)25-15-14-19(2)16-20(3)22-11-10-21-6-4-5-7-23(21)17-22/h4-13,17,19-20,25H,14-16H2,1-3H3. The number of rotatable bonds is 8. The van der Waals surface area contributed by atoms with E-state index in [0.29, 0.717) is 23.3 Å². The Morgan fingerprint density at radius 3 is 2.29 bits per heavy atom. The van der Waals surface area contributed by atoms with Crippen LogP contribution in [-0.4, -0.2) is 15.0 Å². The summed E-state index contributed by atoms with van der Waals surface area (Å²) in [6.07, 6.45) is 1.85. The van der Waals surface area contributed by atoms with Crippen molar-refractivity contribution < 1.29 is 8.42 Å². The number of hydrogen-bond donors (Lipinski definition) is 1. The normalized spacial score (nSPS) is 14.1. The summed E-state index contributed by atoms with van der Waals surface area (Å²) in [6, 6.07) is 22.0. The molecule has 28 heavy (non-hydrogen) atoms. The van der Waals surface area contributed by atoms with Gasteiger partial charge in [-0.2, -0.15) is 0 Å². The third-order valence-corrected chi connectivity index (χ3v) is 6.84. The van der Waals surface area contributed by atoms with Crippen molar-refractivity contribution >= 4 is 20.8 Å². The van der Waals surface area contributed by atoms with E-state index in [1.165, 1.54) is 16.3 Å². The summed E-state index contributed by atoms with van der Waals surface area (Å²) in [7, 11) is -3.43. The topological polar surface area (TPSA) is 46.2 Å². The zero-order valence-corrected chi connectivity index (χ0v) is 17.7. The van der Waals surface area contributed by atoms with E-state index >= 15 is 0 Å². The second-order valence-corrected chi connectivity index (χ2v) is 9.61. The molecular weight excluding hydrogens is 366 g/mol. The molecule has 0 saturated carbocycles. The summed E-state index contributed by atoms with van der Waals surface area (Å²) >= 11 is 0.